The van der Waals surface area contributed by atoms with Gasteiger partial charge in [-0.25, -0.2) is 4.98 Å². The van der Waals surface area contributed by atoms with Crippen LogP contribution in [-0.2, 0) is 4.74 Å². The van der Waals surface area contributed by atoms with Crippen molar-refractivity contribution < 1.29 is 9.53 Å². The first-order valence-corrected chi connectivity index (χ1v) is 8.85. The number of anilines is 3. The van der Waals surface area contributed by atoms with Crippen molar-refractivity contribution in [2.75, 3.05) is 55.5 Å². The molecule has 7 nitrogen and oxygen atoms in total. The number of ether oxygens (including phenoxy) is 1. The highest BCUT2D eigenvalue weighted by molar-refractivity contribution is 6.37. The molecule has 1 amide bonds. The minimum atomic E-state index is -0.350. The molecule has 0 aliphatic carbocycles. The fraction of sp³-hybridized carbons (Fsp3) is 0.353. The van der Waals surface area contributed by atoms with E-state index in [9.17, 15) is 4.79 Å². The Bertz CT molecular complexity index is 810. The van der Waals surface area contributed by atoms with Gasteiger partial charge in [0.1, 0.15) is 5.69 Å². The molecule has 1 saturated heterocycles. The standard InChI is InChI=1S/C17H19Cl2N5O2/c1-23(2)15-14(10-20-17(22-15)24-5-7-26-8-6-24)21-16(25)12-4-3-11(18)9-13(12)19/h3-4,9-10H,5-8H2,1-2H3,(H,21,25). The van der Waals surface area contributed by atoms with E-state index in [-0.39, 0.29) is 10.9 Å². The number of hydrogen-bond acceptors (Lipinski definition) is 6. The van der Waals surface area contributed by atoms with Crippen LogP contribution in [0, 0.1) is 0 Å². The number of halogens is 2. The topological polar surface area (TPSA) is 70.6 Å². The molecule has 1 N–H and O–H groups in total. The monoisotopic (exact) mass is 395 g/mol. The Morgan fingerprint density at radius 2 is 2.00 bits per heavy atom. The Kier molecular flexibility index (Phi) is 5.80. The fourth-order valence-corrected chi connectivity index (χ4v) is 3.07. The first kappa shape index (κ1) is 18.7. The van der Waals surface area contributed by atoms with Crippen LogP contribution in [0.1, 0.15) is 10.4 Å². The molecule has 26 heavy (non-hydrogen) atoms. The predicted molar refractivity (Wildman–Crippen MR) is 104 cm³/mol. The van der Waals surface area contributed by atoms with Crippen LogP contribution in [-0.4, -0.2) is 56.3 Å². The van der Waals surface area contributed by atoms with E-state index in [2.05, 4.69) is 20.2 Å². The minimum absolute atomic E-state index is 0.284. The van der Waals surface area contributed by atoms with E-state index in [0.29, 0.717) is 41.3 Å². The lowest BCUT2D eigenvalue weighted by atomic mass is 10.2. The van der Waals surface area contributed by atoms with Gasteiger partial charge in [0.15, 0.2) is 5.82 Å². The Morgan fingerprint density at radius 1 is 1.27 bits per heavy atom. The van der Waals surface area contributed by atoms with Crippen molar-refractivity contribution in [1.29, 1.82) is 0 Å². The second kappa shape index (κ2) is 8.07. The average molecular weight is 396 g/mol. The lowest BCUT2D eigenvalue weighted by Crippen LogP contribution is -2.37. The number of morpholine rings is 1. The maximum Gasteiger partial charge on any atom is 0.257 e. The quantitative estimate of drug-likeness (QED) is 0.857. The highest BCUT2D eigenvalue weighted by atomic mass is 35.5. The molecule has 2 aromatic rings. The van der Waals surface area contributed by atoms with Gasteiger partial charge in [0.25, 0.3) is 5.91 Å². The number of nitrogens with zero attached hydrogens (tertiary/aromatic N) is 4. The molecule has 138 valence electrons. The average Bonchev–Trinajstić information content (AvgIpc) is 2.62. The van der Waals surface area contributed by atoms with Crippen LogP contribution in [0.5, 0.6) is 0 Å². The van der Waals surface area contributed by atoms with Crippen LogP contribution in [0.4, 0.5) is 17.5 Å². The largest absolute Gasteiger partial charge is 0.378 e. The van der Waals surface area contributed by atoms with Gasteiger partial charge in [-0.05, 0) is 18.2 Å². The van der Waals surface area contributed by atoms with E-state index in [4.69, 9.17) is 27.9 Å². The number of amides is 1. The first-order chi connectivity index (χ1) is 12.5. The van der Waals surface area contributed by atoms with E-state index in [1.165, 1.54) is 6.07 Å². The second-order valence-electron chi connectivity index (χ2n) is 5.98. The van der Waals surface area contributed by atoms with Gasteiger partial charge in [-0.2, -0.15) is 4.98 Å². The zero-order valence-corrected chi connectivity index (χ0v) is 16.0. The summed E-state index contributed by atoms with van der Waals surface area (Å²) >= 11 is 12.0. The van der Waals surface area contributed by atoms with Crippen molar-refractivity contribution >= 4 is 46.6 Å². The number of rotatable bonds is 4. The van der Waals surface area contributed by atoms with Crippen LogP contribution < -0.4 is 15.1 Å². The van der Waals surface area contributed by atoms with Crippen LogP contribution >= 0.6 is 23.2 Å². The van der Waals surface area contributed by atoms with E-state index < -0.39 is 0 Å². The molecule has 9 heteroatoms. The highest BCUT2D eigenvalue weighted by Crippen LogP contribution is 2.26. The van der Waals surface area contributed by atoms with Crippen molar-refractivity contribution in [2.45, 2.75) is 0 Å². The van der Waals surface area contributed by atoms with Gasteiger partial charge < -0.3 is 19.9 Å². The van der Waals surface area contributed by atoms with E-state index >= 15 is 0 Å². The lowest BCUT2D eigenvalue weighted by Gasteiger charge is -2.28. The molecular formula is C17H19Cl2N5O2. The fourth-order valence-electron chi connectivity index (χ4n) is 2.57. The van der Waals surface area contributed by atoms with E-state index in [1.54, 1.807) is 18.3 Å². The van der Waals surface area contributed by atoms with Crippen molar-refractivity contribution in [2.24, 2.45) is 0 Å². The van der Waals surface area contributed by atoms with Gasteiger partial charge in [0.05, 0.1) is 30.0 Å². The molecule has 1 aliphatic heterocycles. The van der Waals surface area contributed by atoms with Gasteiger partial charge in [-0.15, -0.1) is 0 Å². The van der Waals surface area contributed by atoms with E-state index in [0.717, 1.165) is 13.1 Å². The van der Waals surface area contributed by atoms with Gasteiger partial charge in [0.2, 0.25) is 5.95 Å². The number of benzene rings is 1. The molecular weight excluding hydrogens is 377 g/mol. The molecule has 0 spiro atoms. The number of carbonyl (C=O) groups excluding carboxylic acids is 1. The van der Waals surface area contributed by atoms with Gasteiger partial charge in [0, 0.05) is 32.2 Å². The third-order valence-electron chi connectivity index (χ3n) is 3.90. The first-order valence-electron chi connectivity index (χ1n) is 8.09. The third-order valence-corrected chi connectivity index (χ3v) is 4.45. The van der Waals surface area contributed by atoms with Gasteiger partial charge >= 0.3 is 0 Å². The summed E-state index contributed by atoms with van der Waals surface area (Å²) in [7, 11) is 3.71. The molecule has 1 aromatic carbocycles. The Morgan fingerprint density at radius 3 is 2.65 bits per heavy atom. The summed E-state index contributed by atoms with van der Waals surface area (Å²) in [5, 5.41) is 3.58. The molecule has 1 aliphatic rings. The van der Waals surface area contributed by atoms with Crippen LogP contribution in [0.2, 0.25) is 10.0 Å². The van der Waals surface area contributed by atoms with Crippen molar-refractivity contribution in [1.82, 2.24) is 9.97 Å². The molecule has 2 heterocycles. The predicted octanol–water partition coefficient (Wildman–Crippen LogP) is 2.94. The Hall–Kier alpha value is -2.09. The van der Waals surface area contributed by atoms with Gasteiger partial charge in [-0.1, -0.05) is 23.2 Å². The van der Waals surface area contributed by atoms with Crippen molar-refractivity contribution in [3.63, 3.8) is 0 Å². The summed E-state index contributed by atoms with van der Waals surface area (Å²) in [6.45, 7) is 2.76. The Labute approximate surface area is 161 Å². The molecule has 0 saturated carbocycles. The summed E-state index contributed by atoms with van der Waals surface area (Å²) in [5.74, 6) is 0.872. The number of aromatic nitrogens is 2. The maximum absolute atomic E-state index is 12.6. The molecule has 3 rings (SSSR count). The highest BCUT2D eigenvalue weighted by Gasteiger charge is 2.19. The molecule has 1 aromatic heterocycles. The number of nitrogens with one attached hydrogen (secondary N) is 1. The smallest absolute Gasteiger partial charge is 0.257 e. The normalized spacial score (nSPS) is 14.2. The SMILES string of the molecule is CN(C)c1nc(N2CCOCC2)ncc1NC(=O)c1ccc(Cl)cc1Cl. The molecule has 0 atom stereocenters. The second-order valence-corrected chi connectivity index (χ2v) is 6.82. The zero-order chi connectivity index (χ0) is 18.7. The Balaban J connectivity index is 1.85. The molecule has 0 bridgehead atoms. The summed E-state index contributed by atoms with van der Waals surface area (Å²) in [5.41, 5.74) is 0.834. The molecule has 0 radical (unpaired) electrons. The summed E-state index contributed by atoms with van der Waals surface area (Å²) in [6, 6.07) is 4.73. The van der Waals surface area contributed by atoms with Crippen LogP contribution in [0.25, 0.3) is 0 Å². The van der Waals surface area contributed by atoms with Crippen LogP contribution in [0.3, 0.4) is 0 Å². The molecule has 1 fully saturated rings. The van der Waals surface area contributed by atoms with E-state index in [1.807, 2.05) is 19.0 Å². The number of hydrogen-bond donors (Lipinski definition) is 1. The third kappa shape index (κ3) is 4.17. The van der Waals surface area contributed by atoms with Crippen molar-refractivity contribution in [3.05, 3.63) is 40.0 Å². The summed E-state index contributed by atoms with van der Waals surface area (Å²) in [4.78, 5) is 25.4. The summed E-state index contributed by atoms with van der Waals surface area (Å²) in [6.07, 6.45) is 1.61. The number of carbonyl (C=O) groups is 1. The zero-order valence-electron chi connectivity index (χ0n) is 14.5. The minimum Gasteiger partial charge on any atom is -0.378 e. The van der Waals surface area contributed by atoms with Gasteiger partial charge in [-0.3, -0.25) is 4.79 Å². The van der Waals surface area contributed by atoms with Crippen molar-refractivity contribution in [3.8, 4) is 0 Å². The maximum atomic E-state index is 12.6. The van der Waals surface area contributed by atoms with Crippen LogP contribution in [0.15, 0.2) is 24.4 Å². The summed E-state index contributed by atoms with van der Waals surface area (Å²) < 4.78 is 5.36. The lowest BCUT2D eigenvalue weighted by molar-refractivity contribution is 0.102. The molecule has 0 unspecified atom stereocenters.